The lowest BCUT2D eigenvalue weighted by Gasteiger charge is -2.17. The van der Waals surface area contributed by atoms with Crippen LogP contribution < -0.4 is 4.90 Å². The number of aromatic nitrogens is 1. The molecule has 0 radical (unpaired) electrons. The Bertz CT molecular complexity index is 946. The van der Waals surface area contributed by atoms with E-state index >= 15 is 0 Å². The van der Waals surface area contributed by atoms with E-state index in [2.05, 4.69) is 4.98 Å². The van der Waals surface area contributed by atoms with Gasteiger partial charge in [-0.25, -0.2) is 9.78 Å². The molecule has 1 aliphatic heterocycles. The highest BCUT2D eigenvalue weighted by Crippen LogP contribution is 2.28. The van der Waals surface area contributed by atoms with Gasteiger partial charge in [-0.15, -0.1) is 11.3 Å². The predicted octanol–water partition coefficient (Wildman–Crippen LogP) is 2.55. The van der Waals surface area contributed by atoms with Gasteiger partial charge >= 0.3 is 12.0 Å². The van der Waals surface area contributed by atoms with Gasteiger partial charge in [0.25, 0.3) is 0 Å². The van der Waals surface area contributed by atoms with Gasteiger partial charge in [-0.1, -0.05) is 18.2 Å². The number of hydrogen-bond donors (Lipinski definition) is 0. The quantitative estimate of drug-likeness (QED) is 0.471. The van der Waals surface area contributed by atoms with Crippen LogP contribution in [-0.4, -0.2) is 58.7 Å². The number of ether oxygens (including phenoxy) is 1. The molecule has 2 heterocycles. The molecule has 0 unspecified atom stereocenters. The van der Waals surface area contributed by atoms with Crippen molar-refractivity contribution in [1.82, 2.24) is 14.8 Å². The molecule has 0 atom stereocenters. The average molecular weight is 430 g/mol. The van der Waals surface area contributed by atoms with Crippen molar-refractivity contribution in [2.45, 2.75) is 26.4 Å². The predicted molar refractivity (Wildman–Crippen MR) is 110 cm³/mol. The topological polar surface area (TPSA) is 100 Å². The fourth-order valence-corrected chi connectivity index (χ4v) is 3.84. The van der Waals surface area contributed by atoms with Gasteiger partial charge < -0.3 is 9.64 Å². The SMILES string of the molecule is CC(=O)N(c1ccccc1)c1nc(COC(=O)CCCN2C(=O)CN(C)C2=O)cs1. The maximum absolute atomic E-state index is 12.1. The summed E-state index contributed by atoms with van der Waals surface area (Å²) in [5, 5.41) is 2.23. The highest BCUT2D eigenvalue weighted by Gasteiger charge is 2.32. The van der Waals surface area contributed by atoms with Gasteiger partial charge in [-0.05, 0) is 18.6 Å². The third kappa shape index (κ3) is 5.01. The van der Waals surface area contributed by atoms with E-state index < -0.39 is 5.97 Å². The lowest BCUT2D eigenvalue weighted by atomic mass is 10.3. The number of rotatable bonds is 8. The van der Waals surface area contributed by atoms with Gasteiger partial charge in [0.1, 0.15) is 13.2 Å². The summed E-state index contributed by atoms with van der Waals surface area (Å²) in [5.74, 6) is -0.876. The van der Waals surface area contributed by atoms with Crippen LogP contribution in [0.5, 0.6) is 0 Å². The maximum Gasteiger partial charge on any atom is 0.326 e. The molecule has 0 spiro atoms. The first-order valence-electron chi connectivity index (χ1n) is 9.38. The standard InChI is InChI=1S/C20H22N4O5S/c1-14(25)24(16-7-4-3-5-8-16)19-21-15(13-30-19)12-29-18(27)9-6-10-23-17(26)11-22(2)20(23)28/h3-5,7-8,13H,6,9-12H2,1-2H3. The van der Waals surface area contributed by atoms with Crippen molar-refractivity contribution in [2.24, 2.45) is 0 Å². The van der Waals surface area contributed by atoms with E-state index in [0.717, 1.165) is 4.90 Å². The fourth-order valence-electron chi connectivity index (χ4n) is 2.97. The van der Waals surface area contributed by atoms with E-state index in [4.69, 9.17) is 4.74 Å². The largest absolute Gasteiger partial charge is 0.459 e. The zero-order valence-electron chi connectivity index (χ0n) is 16.7. The summed E-state index contributed by atoms with van der Waals surface area (Å²) in [7, 11) is 1.56. The summed E-state index contributed by atoms with van der Waals surface area (Å²) in [6.07, 6.45) is 0.417. The number of hydrogen-bond acceptors (Lipinski definition) is 7. The van der Waals surface area contributed by atoms with Crippen LogP contribution in [0.3, 0.4) is 0 Å². The molecule has 1 aromatic carbocycles. The Labute approximate surface area is 177 Å². The lowest BCUT2D eigenvalue weighted by Crippen LogP contribution is -2.32. The summed E-state index contributed by atoms with van der Waals surface area (Å²) in [5.41, 5.74) is 1.25. The van der Waals surface area contributed by atoms with Gasteiger partial charge in [0.2, 0.25) is 11.8 Å². The summed E-state index contributed by atoms with van der Waals surface area (Å²) < 4.78 is 5.23. The number of carbonyl (C=O) groups excluding carboxylic acids is 4. The third-order valence-corrected chi connectivity index (χ3v) is 5.31. The first kappa shape index (κ1) is 21.4. The van der Waals surface area contributed by atoms with Crippen molar-refractivity contribution < 1.29 is 23.9 Å². The number of nitrogens with zero attached hydrogens (tertiary/aromatic N) is 4. The molecule has 1 fully saturated rings. The monoisotopic (exact) mass is 430 g/mol. The van der Waals surface area contributed by atoms with Crippen LogP contribution in [0.4, 0.5) is 15.6 Å². The molecule has 0 aliphatic carbocycles. The molecule has 9 nitrogen and oxygen atoms in total. The van der Waals surface area contributed by atoms with Crippen LogP contribution in [0, 0.1) is 0 Å². The zero-order chi connectivity index (χ0) is 21.7. The molecule has 30 heavy (non-hydrogen) atoms. The Kier molecular flexibility index (Phi) is 6.78. The molecular formula is C20H22N4O5S. The normalized spacial score (nSPS) is 13.7. The minimum absolute atomic E-state index is 0.0137. The van der Waals surface area contributed by atoms with E-state index in [-0.39, 0.29) is 44.0 Å². The minimum Gasteiger partial charge on any atom is -0.459 e. The Morgan fingerprint density at radius 1 is 1.23 bits per heavy atom. The fraction of sp³-hybridized carbons (Fsp3) is 0.350. The summed E-state index contributed by atoms with van der Waals surface area (Å²) >= 11 is 1.28. The zero-order valence-corrected chi connectivity index (χ0v) is 17.6. The molecule has 3 rings (SSSR count). The number of amides is 4. The molecule has 2 aromatic rings. The Balaban J connectivity index is 1.49. The van der Waals surface area contributed by atoms with E-state index in [9.17, 15) is 19.2 Å². The van der Waals surface area contributed by atoms with Crippen LogP contribution in [0.15, 0.2) is 35.7 Å². The number of benzene rings is 1. The molecule has 10 heteroatoms. The van der Waals surface area contributed by atoms with Crippen LogP contribution in [0.25, 0.3) is 0 Å². The van der Waals surface area contributed by atoms with Gasteiger partial charge in [0.05, 0.1) is 11.4 Å². The highest BCUT2D eigenvalue weighted by atomic mass is 32.1. The van der Waals surface area contributed by atoms with Crippen LogP contribution in [0.2, 0.25) is 0 Å². The van der Waals surface area contributed by atoms with Crippen molar-refractivity contribution in [3.63, 3.8) is 0 Å². The molecule has 1 saturated heterocycles. The first-order valence-corrected chi connectivity index (χ1v) is 10.3. The van der Waals surface area contributed by atoms with Crippen LogP contribution in [0.1, 0.15) is 25.5 Å². The first-order chi connectivity index (χ1) is 14.4. The number of likely N-dealkylation sites (N-methyl/N-ethyl adjacent to an activating group) is 1. The molecule has 1 aromatic heterocycles. The van der Waals surface area contributed by atoms with Crippen molar-refractivity contribution in [3.05, 3.63) is 41.4 Å². The van der Waals surface area contributed by atoms with Gasteiger partial charge in [-0.2, -0.15) is 0 Å². The summed E-state index contributed by atoms with van der Waals surface area (Å²) in [4.78, 5) is 55.9. The van der Waals surface area contributed by atoms with Gasteiger partial charge in [-0.3, -0.25) is 24.2 Å². The van der Waals surface area contributed by atoms with Gasteiger partial charge in [0.15, 0.2) is 5.13 Å². The molecular weight excluding hydrogens is 408 g/mol. The van der Waals surface area contributed by atoms with E-state index in [1.165, 1.54) is 28.1 Å². The van der Waals surface area contributed by atoms with Crippen molar-refractivity contribution in [2.75, 3.05) is 25.0 Å². The lowest BCUT2D eigenvalue weighted by molar-refractivity contribution is -0.145. The number of urea groups is 1. The molecule has 0 bridgehead atoms. The summed E-state index contributed by atoms with van der Waals surface area (Å²) in [6.45, 7) is 1.69. The minimum atomic E-state index is -0.441. The molecule has 0 N–H and O–H groups in total. The van der Waals surface area contributed by atoms with Crippen molar-refractivity contribution in [1.29, 1.82) is 0 Å². The number of anilines is 2. The van der Waals surface area contributed by atoms with E-state index in [0.29, 0.717) is 22.9 Å². The number of esters is 1. The summed E-state index contributed by atoms with van der Waals surface area (Å²) in [6, 6.07) is 8.82. The number of thiazole rings is 1. The second-order valence-corrected chi connectivity index (χ2v) is 7.60. The van der Waals surface area contributed by atoms with Crippen LogP contribution >= 0.6 is 11.3 Å². The van der Waals surface area contributed by atoms with E-state index in [1.807, 2.05) is 30.3 Å². The smallest absolute Gasteiger partial charge is 0.326 e. The number of para-hydroxylation sites is 1. The van der Waals surface area contributed by atoms with Crippen molar-refractivity contribution in [3.8, 4) is 0 Å². The Hall–Kier alpha value is -3.27. The average Bonchev–Trinajstić information content (AvgIpc) is 3.26. The molecule has 0 saturated carbocycles. The Morgan fingerprint density at radius 2 is 1.97 bits per heavy atom. The molecule has 158 valence electrons. The molecule has 1 aliphatic rings. The van der Waals surface area contributed by atoms with Crippen LogP contribution in [-0.2, 0) is 25.7 Å². The van der Waals surface area contributed by atoms with E-state index in [1.54, 1.807) is 12.4 Å². The second-order valence-electron chi connectivity index (χ2n) is 6.76. The van der Waals surface area contributed by atoms with Gasteiger partial charge in [0, 0.05) is 32.3 Å². The van der Waals surface area contributed by atoms with Crippen molar-refractivity contribution >= 4 is 46.0 Å². The second kappa shape index (κ2) is 9.49. The Morgan fingerprint density at radius 3 is 2.60 bits per heavy atom. The highest BCUT2D eigenvalue weighted by molar-refractivity contribution is 7.14. The number of carbonyl (C=O) groups is 4. The maximum atomic E-state index is 12.1. The number of imide groups is 1. The third-order valence-electron chi connectivity index (χ3n) is 4.43. The molecule has 4 amide bonds.